The fraction of sp³-hybridized carbons (Fsp3) is 0.238. The van der Waals surface area contributed by atoms with Crippen molar-refractivity contribution in [3.8, 4) is 11.4 Å². The van der Waals surface area contributed by atoms with Crippen LogP contribution in [0.1, 0.15) is 23.3 Å². The van der Waals surface area contributed by atoms with Crippen LogP contribution >= 0.6 is 11.6 Å². The molecule has 0 aliphatic carbocycles. The molecule has 1 aliphatic rings. The lowest BCUT2D eigenvalue weighted by Crippen LogP contribution is -2.39. The van der Waals surface area contributed by atoms with E-state index >= 15 is 0 Å². The zero-order valence-corrected chi connectivity index (χ0v) is 16.8. The number of piperidine rings is 1. The molecule has 0 atom stereocenters. The molecular formula is C21H20ClN5O3. The fourth-order valence-electron chi connectivity index (χ4n) is 3.42. The lowest BCUT2D eigenvalue weighted by molar-refractivity contribution is 0.0994. The summed E-state index contributed by atoms with van der Waals surface area (Å²) in [6, 6.07) is 12.4. The molecule has 1 amide bonds. The zero-order chi connectivity index (χ0) is 21.1. The van der Waals surface area contributed by atoms with Gasteiger partial charge in [0.25, 0.3) is 11.5 Å². The summed E-state index contributed by atoms with van der Waals surface area (Å²) in [6.07, 6.45) is 4.55. The maximum atomic E-state index is 12.7. The first-order valence-electron chi connectivity index (χ1n) is 9.53. The minimum absolute atomic E-state index is 0.0270. The van der Waals surface area contributed by atoms with Gasteiger partial charge in [0.15, 0.2) is 0 Å². The van der Waals surface area contributed by atoms with Gasteiger partial charge in [0.05, 0.1) is 17.6 Å². The third-order valence-electron chi connectivity index (χ3n) is 4.97. The zero-order valence-electron chi connectivity index (χ0n) is 16.1. The number of carbonyl (C=O) groups is 1. The summed E-state index contributed by atoms with van der Waals surface area (Å²) in [6.45, 7) is 1.32. The highest BCUT2D eigenvalue weighted by Gasteiger charge is 2.24. The Morgan fingerprint density at radius 2 is 1.90 bits per heavy atom. The van der Waals surface area contributed by atoms with Crippen LogP contribution in [0.3, 0.4) is 0 Å². The van der Waals surface area contributed by atoms with Crippen molar-refractivity contribution in [3.05, 3.63) is 75.9 Å². The molecule has 1 saturated heterocycles. The molecule has 0 unspecified atom stereocenters. The Bertz CT molecular complexity index is 1110. The number of benzene rings is 1. The lowest BCUT2D eigenvalue weighted by Gasteiger charge is -2.33. The molecule has 0 saturated carbocycles. The highest BCUT2D eigenvalue weighted by Crippen LogP contribution is 2.27. The van der Waals surface area contributed by atoms with Gasteiger partial charge < -0.3 is 15.4 Å². The molecule has 1 fully saturated rings. The highest BCUT2D eigenvalue weighted by molar-refractivity contribution is 6.33. The maximum absolute atomic E-state index is 12.7. The second-order valence-electron chi connectivity index (χ2n) is 6.94. The maximum Gasteiger partial charge on any atom is 0.292 e. The summed E-state index contributed by atoms with van der Waals surface area (Å²) in [5.74, 6) is -0.0370. The van der Waals surface area contributed by atoms with Gasteiger partial charge in [0.1, 0.15) is 22.6 Å². The number of primary amides is 1. The number of pyridine rings is 1. The first-order chi connectivity index (χ1) is 14.5. The summed E-state index contributed by atoms with van der Waals surface area (Å²) in [5, 5.41) is 4.44. The molecule has 8 nitrogen and oxygen atoms in total. The van der Waals surface area contributed by atoms with E-state index < -0.39 is 5.91 Å². The van der Waals surface area contributed by atoms with Crippen LogP contribution in [0, 0.1) is 0 Å². The number of hydrogen-bond donors (Lipinski definition) is 1. The Labute approximate surface area is 177 Å². The van der Waals surface area contributed by atoms with E-state index in [0.717, 1.165) is 12.8 Å². The van der Waals surface area contributed by atoms with Gasteiger partial charge in [0, 0.05) is 38.2 Å². The van der Waals surface area contributed by atoms with Crippen LogP contribution in [-0.4, -0.2) is 39.9 Å². The number of nitrogens with zero attached hydrogens (tertiary/aromatic N) is 4. The quantitative estimate of drug-likeness (QED) is 0.673. The summed E-state index contributed by atoms with van der Waals surface area (Å²) in [5.41, 5.74) is 6.36. The van der Waals surface area contributed by atoms with Crippen LogP contribution in [0.25, 0.3) is 5.69 Å². The van der Waals surface area contributed by atoms with E-state index in [9.17, 15) is 9.59 Å². The molecule has 30 heavy (non-hydrogen) atoms. The smallest absolute Gasteiger partial charge is 0.292 e. The SMILES string of the molecule is NC(=O)c1cc(OC2CCN(c3cnn(-c4ccccc4)c(=O)c3Cl)CC2)ccn1. The van der Waals surface area contributed by atoms with Crippen molar-refractivity contribution in [2.75, 3.05) is 18.0 Å². The number of ether oxygens (including phenoxy) is 1. The standard InChI is InChI=1S/C21H20ClN5O3/c22-19-18(13-25-27(21(19)29)14-4-2-1-3-5-14)26-10-7-15(8-11-26)30-16-6-9-24-17(12-16)20(23)28/h1-6,9,12-13,15H,7-8,10-11H2,(H2,23,28). The van der Waals surface area contributed by atoms with Crippen molar-refractivity contribution < 1.29 is 9.53 Å². The lowest BCUT2D eigenvalue weighted by atomic mass is 10.1. The number of para-hydroxylation sites is 1. The van der Waals surface area contributed by atoms with Gasteiger partial charge in [0.2, 0.25) is 0 Å². The summed E-state index contributed by atoms with van der Waals surface area (Å²) >= 11 is 6.40. The second-order valence-corrected chi connectivity index (χ2v) is 7.32. The van der Waals surface area contributed by atoms with Crippen LogP contribution < -0.4 is 20.9 Å². The van der Waals surface area contributed by atoms with Crippen LogP contribution in [0.5, 0.6) is 5.75 Å². The number of amides is 1. The summed E-state index contributed by atoms with van der Waals surface area (Å²) in [7, 11) is 0. The number of rotatable bonds is 5. The average Bonchev–Trinajstić information content (AvgIpc) is 2.77. The normalized spacial score (nSPS) is 14.5. The molecule has 0 spiro atoms. The van der Waals surface area contributed by atoms with Crippen LogP contribution in [0.15, 0.2) is 59.7 Å². The molecule has 1 aromatic carbocycles. The van der Waals surface area contributed by atoms with Crippen LogP contribution in [0.2, 0.25) is 5.02 Å². The molecule has 0 bridgehead atoms. The minimum Gasteiger partial charge on any atom is -0.490 e. The predicted molar refractivity (Wildman–Crippen MR) is 113 cm³/mol. The number of nitrogens with two attached hydrogens (primary N) is 1. The molecular weight excluding hydrogens is 406 g/mol. The van der Waals surface area contributed by atoms with Gasteiger partial charge in [-0.25, -0.2) is 0 Å². The van der Waals surface area contributed by atoms with Gasteiger partial charge in [-0.15, -0.1) is 0 Å². The van der Waals surface area contributed by atoms with Gasteiger partial charge in [-0.1, -0.05) is 29.8 Å². The Hall–Kier alpha value is -3.39. The largest absolute Gasteiger partial charge is 0.490 e. The van der Waals surface area contributed by atoms with Crippen molar-refractivity contribution in [1.29, 1.82) is 0 Å². The van der Waals surface area contributed by atoms with Crippen molar-refractivity contribution in [2.24, 2.45) is 5.73 Å². The summed E-state index contributed by atoms with van der Waals surface area (Å²) in [4.78, 5) is 29.9. The highest BCUT2D eigenvalue weighted by atomic mass is 35.5. The number of aromatic nitrogens is 3. The van der Waals surface area contributed by atoms with E-state index in [4.69, 9.17) is 22.1 Å². The van der Waals surface area contributed by atoms with E-state index in [0.29, 0.717) is 30.2 Å². The molecule has 3 aromatic rings. The number of carbonyl (C=O) groups excluding carboxylic acids is 1. The first-order valence-corrected chi connectivity index (χ1v) is 9.91. The molecule has 2 N–H and O–H groups in total. The van der Waals surface area contributed by atoms with Crippen molar-refractivity contribution in [3.63, 3.8) is 0 Å². The van der Waals surface area contributed by atoms with E-state index in [1.54, 1.807) is 30.5 Å². The third-order valence-corrected chi connectivity index (χ3v) is 5.33. The molecule has 154 valence electrons. The van der Waals surface area contributed by atoms with Crippen molar-refractivity contribution >= 4 is 23.2 Å². The summed E-state index contributed by atoms with van der Waals surface area (Å²) < 4.78 is 7.27. The first kappa shape index (κ1) is 19.9. The Morgan fingerprint density at radius 1 is 1.17 bits per heavy atom. The second kappa shape index (κ2) is 8.54. The monoisotopic (exact) mass is 425 g/mol. The topological polar surface area (TPSA) is 103 Å². The Morgan fingerprint density at radius 3 is 2.60 bits per heavy atom. The van der Waals surface area contributed by atoms with Crippen LogP contribution in [0.4, 0.5) is 5.69 Å². The third kappa shape index (κ3) is 4.13. The van der Waals surface area contributed by atoms with Gasteiger partial charge in [-0.3, -0.25) is 14.6 Å². The van der Waals surface area contributed by atoms with Gasteiger partial charge in [-0.05, 0) is 18.2 Å². The van der Waals surface area contributed by atoms with Gasteiger partial charge >= 0.3 is 0 Å². The molecule has 2 aromatic heterocycles. The molecule has 3 heterocycles. The number of hydrogen-bond acceptors (Lipinski definition) is 6. The van der Waals surface area contributed by atoms with E-state index in [2.05, 4.69) is 10.1 Å². The number of halogens is 1. The van der Waals surface area contributed by atoms with Crippen LogP contribution in [-0.2, 0) is 0 Å². The fourth-order valence-corrected chi connectivity index (χ4v) is 3.67. The number of anilines is 1. The van der Waals surface area contributed by atoms with E-state index in [-0.39, 0.29) is 22.4 Å². The van der Waals surface area contributed by atoms with E-state index in [1.165, 1.54) is 10.9 Å². The molecule has 4 rings (SSSR count). The Balaban J connectivity index is 1.44. The minimum atomic E-state index is -0.595. The van der Waals surface area contributed by atoms with Crippen molar-refractivity contribution in [2.45, 2.75) is 18.9 Å². The molecule has 1 aliphatic heterocycles. The Kier molecular flexibility index (Phi) is 5.67. The van der Waals surface area contributed by atoms with E-state index in [1.807, 2.05) is 23.1 Å². The molecule has 9 heteroatoms. The van der Waals surface area contributed by atoms with Crippen molar-refractivity contribution in [1.82, 2.24) is 14.8 Å². The van der Waals surface area contributed by atoms with Gasteiger partial charge in [-0.2, -0.15) is 9.78 Å². The molecule has 0 radical (unpaired) electrons. The average molecular weight is 426 g/mol. The predicted octanol–water partition coefficient (Wildman–Crippen LogP) is 2.43.